The summed E-state index contributed by atoms with van der Waals surface area (Å²) < 4.78 is 32.3. The van der Waals surface area contributed by atoms with Gasteiger partial charge in [0.15, 0.2) is 18.3 Å². The predicted molar refractivity (Wildman–Crippen MR) is 389 cm³/mol. The highest BCUT2D eigenvalue weighted by molar-refractivity contribution is 6.83. The first-order valence-corrected chi connectivity index (χ1v) is 33.2. The Labute approximate surface area is 581 Å². The number of benzene rings is 6. The predicted octanol–water partition coefficient (Wildman–Crippen LogP) is 15.2. The van der Waals surface area contributed by atoms with Crippen LogP contribution in [-0.4, -0.2) is 104 Å². The molecule has 3 aromatic heterocycles. The molecule has 0 bridgehead atoms. The van der Waals surface area contributed by atoms with Crippen LogP contribution in [0.4, 0.5) is 0 Å². The van der Waals surface area contributed by atoms with Crippen LogP contribution in [0.5, 0.6) is 17.2 Å². The number of primary amides is 2. The van der Waals surface area contributed by atoms with Crippen molar-refractivity contribution in [2.24, 2.45) is 11.5 Å². The summed E-state index contributed by atoms with van der Waals surface area (Å²) >= 11 is 5.52. The number of amides is 2. The van der Waals surface area contributed by atoms with Gasteiger partial charge in [0.1, 0.15) is 17.2 Å². The molecule has 6 aromatic carbocycles. The SMILES string of the molecule is CC.CC.CC.CC.CC.CC.COC(=O)C(C)Oc1cccc2c1c(C(=O)C(=O)Cl)c(C)n2Cc1ccccc1.COC(=O)C(C)Oc1cccc2c1c(C(=O)C(N)=O)c(C)n2Cc1ccccc1.Cc1c(C(=O)C(N)=O)c2c(OC(C)C(=O)O)cccc2n1Cc1ccccc1. The molecule has 2 amide bonds. The third-order valence-electron chi connectivity index (χ3n) is 14.1. The highest BCUT2D eigenvalue weighted by Crippen LogP contribution is 2.38. The molecule has 21 heteroatoms. The van der Waals surface area contributed by atoms with Crippen LogP contribution in [0, 0.1) is 20.8 Å². The zero-order chi connectivity index (χ0) is 74.7. The number of ether oxygens (including phenoxy) is 5. The molecule has 20 nitrogen and oxygen atoms in total. The number of nitrogens with zero attached hydrogens (tertiary/aromatic N) is 3. The molecule has 9 rings (SSSR count). The summed E-state index contributed by atoms with van der Waals surface area (Å²) in [7, 11) is 2.54. The Morgan fingerprint density at radius 2 is 0.633 bits per heavy atom. The lowest BCUT2D eigenvalue weighted by molar-refractivity contribution is -0.148. The number of fused-ring (bicyclic) bond motifs is 3. The second kappa shape index (κ2) is 43.7. The Kier molecular flexibility index (Phi) is 38.2. The first-order chi connectivity index (χ1) is 47.0. The summed E-state index contributed by atoms with van der Waals surface area (Å²) in [6.07, 6.45) is -2.90. The van der Waals surface area contributed by atoms with Crippen LogP contribution >= 0.6 is 11.6 Å². The second-order valence-corrected chi connectivity index (χ2v) is 20.0. The van der Waals surface area contributed by atoms with E-state index in [0.717, 1.165) is 16.7 Å². The van der Waals surface area contributed by atoms with Crippen molar-refractivity contribution in [2.45, 2.75) is 163 Å². The van der Waals surface area contributed by atoms with Crippen LogP contribution in [0.15, 0.2) is 146 Å². The fraction of sp³-hybridized carbons (Fsp3) is 0.338. The summed E-state index contributed by atoms with van der Waals surface area (Å²) in [6.45, 7) is 35.2. The van der Waals surface area contributed by atoms with E-state index in [1.54, 1.807) is 77.1 Å². The smallest absolute Gasteiger partial charge is 0.346 e. The van der Waals surface area contributed by atoms with Gasteiger partial charge in [0.25, 0.3) is 28.6 Å². The summed E-state index contributed by atoms with van der Waals surface area (Å²) in [5.41, 5.74) is 17.9. The van der Waals surface area contributed by atoms with Crippen LogP contribution < -0.4 is 25.7 Å². The lowest BCUT2D eigenvalue weighted by atomic mass is 10.1. The van der Waals surface area contributed by atoms with Gasteiger partial charge in [-0.2, -0.15) is 0 Å². The van der Waals surface area contributed by atoms with E-state index >= 15 is 0 Å². The third kappa shape index (κ3) is 21.8. The number of carboxylic acids is 1. The van der Waals surface area contributed by atoms with Crippen molar-refractivity contribution in [3.8, 4) is 17.2 Å². The average Bonchev–Trinajstić information content (AvgIpc) is 1.62. The fourth-order valence-electron chi connectivity index (χ4n) is 9.91. The number of nitrogens with two attached hydrogens (primary N) is 2. The maximum Gasteiger partial charge on any atom is 0.346 e. The third-order valence-corrected chi connectivity index (χ3v) is 14.3. The summed E-state index contributed by atoms with van der Waals surface area (Å²) in [6, 6.07) is 44.6. The van der Waals surface area contributed by atoms with Gasteiger partial charge >= 0.3 is 17.9 Å². The van der Waals surface area contributed by atoms with Gasteiger partial charge in [-0.15, -0.1) is 0 Å². The first kappa shape index (κ1) is 85.7. The van der Waals surface area contributed by atoms with Gasteiger partial charge in [-0.05, 0) is 106 Å². The number of Topliss-reactive ketones (excluding diaryl/α,β-unsaturated/α-hetero) is 3. The Balaban J connectivity index is 0.000000681. The van der Waals surface area contributed by atoms with Crippen molar-refractivity contribution in [2.75, 3.05) is 14.2 Å². The molecule has 3 unspecified atom stereocenters. The summed E-state index contributed by atoms with van der Waals surface area (Å²) in [5, 5.41) is 9.35. The minimum Gasteiger partial charge on any atom is -0.479 e. The van der Waals surface area contributed by atoms with E-state index in [1.807, 2.05) is 200 Å². The van der Waals surface area contributed by atoms with Crippen molar-refractivity contribution < 1.29 is 71.9 Å². The molecule has 528 valence electrons. The van der Waals surface area contributed by atoms with E-state index in [2.05, 4.69) is 0 Å². The van der Waals surface area contributed by atoms with Crippen LogP contribution in [0.1, 0.15) is 169 Å². The van der Waals surface area contributed by atoms with Gasteiger partial charge in [0.2, 0.25) is 5.78 Å². The number of carbonyl (C=O) groups excluding carboxylic acids is 8. The van der Waals surface area contributed by atoms with Crippen molar-refractivity contribution in [3.63, 3.8) is 0 Å². The molecule has 0 aliphatic rings. The standard InChI is InChI=1S/C22H20ClNO5.C22H22N2O5.C21H20N2O5.6C2H6/c2*1-13-18(20(25)21(23)26)19-16(24(13)12-15-8-5-4-6-9-15)10-7-11-17(19)29-14(2)22(27)28-3;1-12-17(19(24)20(22)25)18-15(23(12)11-14-7-4-3-5-8-14)9-6-10-16(18)28-13(2)21(26)27;6*1-2/h4-11,14H,12H2,1-3H3;4-11,14H,12H2,1-3H3,(H2,23,26);3-10,13H,11H2,1-2H3,(H2,22,25)(H,26,27);6*1-2H3. The molecule has 0 saturated carbocycles. The maximum absolute atomic E-state index is 12.6. The van der Waals surface area contributed by atoms with Gasteiger partial charge in [-0.1, -0.05) is 192 Å². The molecule has 0 radical (unpaired) electrons. The molecule has 9 aromatic rings. The van der Waals surface area contributed by atoms with Gasteiger partial charge < -0.3 is 54.0 Å². The number of aromatic nitrogens is 3. The number of carboxylic acid groups (broad SMARTS) is 1. The molecule has 0 aliphatic heterocycles. The molecule has 0 spiro atoms. The second-order valence-electron chi connectivity index (χ2n) is 19.7. The molecule has 3 atom stereocenters. The van der Waals surface area contributed by atoms with Crippen LogP contribution in [0.25, 0.3) is 32.7 Å². The molecule has 98 heavy (non-hydrogen) atoms. The summed E-state index contributed by atoms with van der Waals surface area (Å²) in [4.78, 5) is 108. The maximum atomic E-state index is 12.6. The zero-order valence-corrected chi connectivity index (χ0v) is 61.0. The molecule has 0 aliphatic carbocycles. The molecule has 0 saturated heterocycles. The molecule has 5 N–H and O–H groups in total. The Morgan fingerprint density at radius 3 is 0.857 bits per heavy atom. The van der Waals surface area contributed by atoms with Crippen molar-refractivity contribution >= 4 is 96.6 Å². The number of ketones is 3. The van der Waals surface area contributed by atoms with E-state index in [0.29, 0.717) is 80.9 Å². The Bertz CT molecular complexity index is 3900. The molecule has 3 heterocycles. The largest absolute Gasteiger partial charge is 0.479 e. The van der Waals surface area contributed by atoms with E-state index in [1.165, 1.54) is 21.1 Å². The zero-order valence-electron chi connectivity index (χ0n) is 60.2. The number of rotatable bonds is 21. The lowest BCUT2D eigenvalue weighted by Gasteiger charge is -2.14. The van der Waals surface area contributed by atoms with E-state index in [4.69, 9.17) is 51.9 Å². The number of esters is 2. The normalized spacial score (nSPS) is 10.8. The number of carbonyl (C=O) groups is 9. The minimum atomic E-state index is -1.14. The molecular weight excluding hydrogens is 1270 g/mol. The number of methoxy groups -OCH3 is 2. The Hall–Kier alpha value is -10.3. The van der Waals surface area contributed by atoms with Crippen molar-refractivity contribution in [3.05, 3.63) is 196 Å². The number of halogens is 1. The molecular formula is C77H98ClN5O15. The Morgan fingerprint density at radius 1 is 0.388 bits per heavy atom. The fourth-order valence-corrected chi connectivity index (χ4v) is 10.0. The topological polar surface area (TPSA) is 287 Å². The monoisotopic (exact) mass is 1370 g/mol. The average molecular weight is 1370 g/mol. The van der Waals surface area contributed by atoms with Crippen LogP contribution in [-0.2, 0) is 57.9 Å². The van der Waals surface area contributed by atoms with Crippen LogP contribution in [0.3, 0.4) is 0 Å². The van der Waals surface area contributed by atoms with E-state index in [9.17, 15) is 43.2 Å². The van der Waals surface area contributed by atoms with Crippen LogP contribution in [0.2, 0.25) is 0 Å². The van der Waals surface area contributed by atoms with Gasteiger partial charge in [-0.3, -0.25) is 28.8 Å². The van der Waals surface area contributed by atoms with Crippen molar-refractivity contribution in [1.29, 1.82) is 0 Å². The van der Waals surface area contributed by atoms with Gasteiger partial charge in [0.05, 0.1) is 63.6 Å². The van der Waals surface area contributed by atoms with E-state index < -0.39 is 70.6 Å². The minimum absolute atomic E-state index is 0.131. The van der Waals surface area contributed by atoms with Gasteiger partial charge in [-0.25, -0.2) is 14.4 Å². The van der Waals surface area contributed by atoms with Gasteiger partial charge in [0, 0.05) is 36.7 Å². The summed E-state index contributed by atoms with van der Waals surface area (Å²) in [5.74, 6) is -6.01. The highest BCUT2D eigenvalue weighted by Gasteiger charge is 2.31. The number of hydrogen-bond donors (Lipinski definition) is 3. The van der Waals surface area contributed by atoms with Crippen molar-refractivity contribution in [1.82, 2.24) is 13.7 Å². The molecule has 0 fully saturated rings. The van der Waals surface area contributed by atoms with E-state index in [-0.39, 0.29) is 22.4 Å². The first-order valence-electron chi connectivity index (χ1n) is 32.8. The number of hydrogen-bond acceptors (Lipinski definition) is 14. The highest BCUT2D eigenvalue weighted by atomic mass is 35.5. The lowest BCUT2D eigenvalue weighted by Crippen LogP contribution is -2.26. The quantitative estimate of drug-likeness (QED) is 0.0261. The number of aliphatic carboxylic acids is 1.